The molecule has 0 aromatic rings. The second-order valence-corrected chi connectivity index (χ2v) is 3.79. The van der Waals surface area contributed by atoms with Crippen molar-refractivity contribution in [2.24, 2.45) is 0 Å². The Kier molecular flexibility index (Phi) is 3.13. The molecule has 1 saturated heterocycles. The van der Waals surface area contributed by atoms with E-state index in [1.54, 1.807) is 0 Å². The highest BCUT2D eigenvalue weighted by Crippen LogP contribution is 2.23. The predicted molar refractivity (Wildman–Crippen MR) is 50.9 cm³/mol. The van der Waals surface area contributed by atoms with Crippen LogP contribution in [0.3, 0.4) is 0 Å². The molecule has 1 fully saturated rings. The molecule has 3 amide bonds. The van der Waals surface area contributed by atoms with Gasteiger partial charge in [-0.2, -0.15) is 0 Å². The van der Waals surface area contributed by atoms with Gasteiger partial charge in [-0.15, -0.1) is 18.2 Å². The number of urea groups is 1. The second kappa shape index (κ2) is 3.98. The van der Waals surface area contributed by atoms with Gasteiger partial charge >= 0.3 is 6.03 Å². The molecule has 78 valence electrons. The Morgan fingerprint density at radius 2 is 2.36 bits per heavy atom. The molecule has 0 spiro atoms. The summed E-state index contributed by atoms with van der Waals surface area (Å²) in [7, 11) is 0. The monoisotopic (exact) mass is 218 g/mol. The van der Waals surface area contributed by atoms with Gasteiger partial charge in [0.05, 0.1) is 6.61 Å². The largest absolute Gasteiger partial charge is 0.352 e. The fraction of sp³-hybridized carbons (Fsp3) is 0.500. The third kappa shape index (κ3) is 2.05. The van der Waals surface area contributed by atoms with Crippen LogP contribution in [0.15, 0.2) is 12.7 Å². The van der Waals surface area contributed by atoms with Crippen LogP contribution >= 0.6 is 11.6 Å². The summed E-state index contributed by atoms with van der Waals surface area (Å²) in [6, 6.07) is -0.609. The summed E-state index contributed by atoms with van der Waals surface area (Å²) in [5.74, 6) is -0.572. The number of halogens is 1. The van der Waals surface area contributed by atoms with Gasteiger partial charge in [0.15, 0.2) is 11.1 Å². The van der Waals surface area contributed by atoms with Crippen LogP contribution in [0.4, 0.5) is 4.79 Å². The van der Waals surface area contributed by atoms with E-state index in [0.29, 0.717) is 0 Å². The van der Waals surface area contributed by atoms with Gasteiger partial charge in [-0.3, -0.25) is 10.1 Å². The van der Waals surface area contributed by atoms with Crippen LogP contribution in [0.2, 0.25) is 0 Å². The minimum Gasteiger partial charge on any atom is -0.352 e. The predicted octanol–water partition coefficient (Wildman–Crippen LogP) is 0.352. The van der Waals surface area contributed by atoms with Gasteiger partial charge in [0, 0.05) is 0 Å². The Morgan fingerprint density at radius 3 is 2.93 bits per heavy atom. The van der Waals surface area contributed by atoms with Gasteiger partial charge in [0.25, 0.3) is 5.91 Å². The van der Waals surface area contributed by atoms with Gasteiger partial charge in [-0.25, -0.2) is 4.79 Å². The molecule has 1 aliphatic rings. The number of ether oxygens (including phenoxy) is 1. The van der Waals surface area contributed by atoms with Gasteiger partial charge in [0.1, 0.15) is 0 Å². The van der Waals surface area contributed by atoms with E-state index in [1.807, 2.05) is 5.32 Å². The molecule has 5 nitrogen and oxygen atoms in total. The first kappa shape index (κ1) is 11.0. The van der Waals surface area contributed by atoms with Crippen LogP contribution in [-0.4, -0.2) is 29.6 Å². The summed E-state index contributed by atoms with van der Waals surface area (Å²) in [6.07, 6.45) is 0.662. The van der Waals surface area contributed by atoms with Crippen molar-refractivity contribution in [2.45, 2.75) is 18.0 Å². The van der Waals surface area contributed by atoms with Crippen molar-refractivity contribution < 1.29 is 14.3 Å². The quantitative estimate of drug-likeness (QED) is 0.531. The lowest BCUT2D eigenvalue weighted by Crippen LogP contribution is -2.65. The van der Waals surface area contributed by atoms with E-state index in [0.717, 1.165) is 0 Å². The van der Waals surface area contributed by atoms with E-state index < -0.39 is 23.0 Å². The first-order chi connectivity index (χ1) is 6.48. The molecule has 0 aliphatic carbocycles. The molecule has 2 N–H and O–H groups in total. The van der Waals surface area contributed by atoms with Crippen molar-refractivity contribution in [1.29, 1.82) is 0 Å². The minimum atomic E-state index is -1.29. The molecular formula is C8H11ClN2O3. The number of carbonyl (C=O) groups excluding carboxylic acids is 2. The van der Waals surface area contributed by atoms with Gasteiger partial charge in [0.2, 0.25) is 0 Å². The Bertz CT molecular complexity index is 278. The topological polar surface area (TPSA) is 67.4 Å². The van der Waals surface area contributed by atoms with E-state index in [4.69, 9.17) is 16.3 Å². The second-order valence-electron chi connectivity index (χ2n) is 3.01. The minimum absolute atomic E-state index is 0.209. The normalized spacial score (nSPS) is 32.0. The third-order valence-corrected chi connectivity index (χ3v) is 2.18. The maximum atomic E-state index is 11.3. The lowest BCUT2D eigenvalue weighted by molar-refractivity contribution is -0.128. The zero-order valence-corrected chi connectivity index (χ0v) is 8.43. The Labute approximate surface area is 86.4 Å². The average Bonchev–Trinajstić information content (AvgIpc) is 2.09. The van der Waals surface area contributed by atoms with Crippen LogP contribution in [0.25, 0.3) is 0 Å². The van der Waals surface area contributed by atoms with Gasteiger partial charge in [-0.1, -0.05) is 6.08 Å². The molecule has 0 aromatic heterocycles. The summed E-state index contributed by atoms with van der Waals surface area (Å²) in [5, 5.41) is 4.45. The van der Waals surface area contributed by atoms with Crippen LogP contribution < -0.4 is 10.6 Å². The number of alkyl halides is 1. The molecule has 0 bridgehead atoms. The van der Waals surface area contributed by atoms with Crippen molar-refractivity contribution in [3.63, 3.8) is 0 Å². The van der Waals surface area contributed by atoms with Crippen molar-refractivity contribution in [1.82, 2.24) is 10.6 Å². The van der Waals surface area contributed by atoms with E-state index in [-0.39, 0.29) is 6.61 Å². The van der Waals surface area contributed by atoms with Crippen LogP contribution in [-0.2, 0) is 9.53 Å². The molecule has 2 atom stereocenters. The van der Waals surface area contributed by atoms with Crippen molar-refractivity contribution in [2.75, 3.05) is 6.61 Å². The summed E-state index contributed by atoms with van der Waals surface area (Å²) in [4.78, 5) is 20.9. The summed E-state index contributed by atoms with van der Waals surface area (Å²) in [5.41, 5.74) is 0. The smallest absolute Gasteiger partial charge is 0.323 e. The Morgan fingerprint density at radius 1 is 1.71 bits per heavy atom. The average molecular weight is 219 g/mol. The molecular weight excluding hydrogens is 208 g/mol. The Hall–Kier alpha value is -1.07. The van der Waals surface area contributed by atoms with Gasteiger partial charge < -0.3 is 10.1 Å². The number of imide groups is 1. The maximum absolute atomic E-state index is 11.3. The SMILES string of the molecule is C=CCOC1NC(=O)NC(=O)C1(C)Cl. The number of nitrogens with one attached hydrogen (secondary N) is 2. The lowest BCUT2D eigenvalue weighted by atomic mass is 10.1. The Balaban J connectivity index is 2.74. The van der Waals surface area contributed by atoms with E-state index in [9.17, 15) is 9.59 Å². The zero-order chi connectivity index (χ0) is 10.8. The molecule has 0 aromatic carbocycles. The molecule has 1 rings (SSSR count). The van der Waals surface area contributed by atoms with Crippen LogP contribution in [0.5, 0.6) is 0 Å². The highest BCUT2D eigenvalue weighted by atomic mass is 35.5. The molecule has 0 saturated carbocycles. The summed E-state index contributed by atoms with van der Waals surface area (Å²) >= 11 is 5.90. The van der Waals surface area contributed by atoms with E-state index >= 15 is 0 Å². The van der Waals surface area contributed by atoms with E-state index in [1.165, 1.54) is 13.0 Å². The summed E-state index contributed by atoms with van der Waals surface area (Å²) in [6.45, 7) is 5.13. The van der Waals surface area contributed by atoms with Crippen LogP contribution in [0.1, 0.15) is 6.92 Å². The number of amides is 3. The van der Waals surface area contributed by atoms with Crippen molar-refractivity contribution in [3.05, 3.63) is 12.7 Å². The van der Waals surface area contributed by atoms with Crippen molar-refractivity contribution in [3.8, 4) is 0 Å². The molecule has 1 aliphatic heterocycles. The van der Waals surface area contributed by atoms with Gasteiger partial charge in [-0.05, 0) is 6.92 Å². The summed E-state index contributed by atoms with van der Waals surface area (Å²) < 4.78 is 5.15. The molecule has 1 heterocycles. The zero-order valence-electron chi connectivity index (χ0n) is 7.67. The van der Waals surface area contributed by atoms with Crippen LogP contribution in [0, 0.1) is 0 Å². The number of carbonyl (C=O) groups is 2. The molecule has 0 radical (unpaired) electrons. The van der Waals surface area contributed by atoms with E-state index in [2.05, 4.69) is 11.9 Å². The van der Waals surface area contributed by atoms with Crippen molar-refractivity contribution >= 4 is 23.5 Å². The molecule has 14 heavy (non-hydrogen) atoms. The number of hydrogen-bond acceptors (Lipinski definition) is 3. The first-order valence-electron chi connectivity index (χ1n) is 4.02. The fourth-order valence-corrected chi connectivity index (χ4v) is 1.16. The number of hydrogen-bond donors (Lipinski definition) is 2. The maximum Gasteiger partial charge on any atom is 0.323 e. The number of rotatable bonds is 3. The lowest BCUT2D eigenvalue weighted by Gasteiger charge is -2.34. The highest BCUT2D eigenvalue weighted by molar-refractivity contribution is 6.36. The standard InChI is InChI=1S/C8H11ClN2O3/c1-3-4-14-6-8(2,9)5(12)10-7(13)11-6/h3,6H,1,4H2,2H3,(H2,10,11,12,13). The third-order valence-electron chi connectivity index (χ3n) is 1.81. The highest BCUT2D eigenvalue weighted by Gasteiger charge is 2.45. The first-order valence-corrected chi connectivity index (χ1v) is 4.39. The molecule has 2 unspecified atom stereocenters. The fourth-order valence-electron chi connectivity index (χ4n) is 0.997. The molecule has 6 heteroatoms.